The average molecular weight is 301 g/mol. The third kappa shape index (κ3) is 3.08. The number of carbonyl (C=O) groups is 1. The highest BCUT2D eigenvalue weighted by molar-refractivity contribution is 6.29. The van der Waals surface area contributed by atoms with E-state index in [4.69, 9.17) is 11.6 Å². The number of aromatic nitrogens is 1. The number of hydrogen-bond donors (Lipinski definition) is 1. The molecule has 2 aromatic rings. The Balaban J connectivity index is 2.30. The Bertz CT molecular complexity index is 671. The Kier molecular flexibility index (Phi) is 3.94. The Morgan fingerprint density at radius 2 is 1.75 bits per heavy atom. The van der Waals surface area contributed by atoms with E-state index in [2.05, 4.69) is 10.3 Å². The Labute approximate surface area is 117 Å². The molecule has 0 radical (unpaired) electrons. The first-order valence-corrected chi connectivity index (χ1v) is 5.84. The molecule has 2 rings (SSSR count). The lowest BCUT2D eigenvalue weighted by atomic mass is 10.2. The maximum Gasteiger partial charge on any atom is 0.255 e. The molecule has 0 saturated heterocycles. The molecule has 0 saturated carbocycles. The SMILES string of the molecule is Cc1cc(C(=O)Nc2cc(F)c(F)cc2F)cc(Cl)n1. The molecule has 20 heavy (non-hydrogen) atoms. The molecular weight excluding hydrogens is 293 g/mol. The molecule has 0 spiro atoms. The highest BCUT2D eigenvalue weighted by Gasteiger charge is 2.14. The number of anilines is 1. The molecule has 0 unspecified atom stereocenters. The van der Waals surface area contributed by atoms with Crippen molar-refractivity contribution >= 4 is 23.2 Å². The van der Waals surface area contributed by atoms with Gasteiger partial charge in [-0.2, -0.15) is 0 Å². The van der Waals surface area contributed by atoms with Crippen molar-refractivity contribution in [2.75, 3.05) is 5.32 Å². The van der Waals surface area contributed by atoms with E-state index < -0.39 is 29.0 Å². The van der Waals surface area contributed by atoms with Gasteiger partial charge < -0.3 is 5.32 Å². The topological polar surface area (TPSA) is 42.0 Å². The minimum atomic E-state index is -1.33. The zero-order valence-electron chi connectivity index (χ0n) is 10.2. The minimum absolute atomic E-state index is 0.0981. The van der Waals surface area contributed by atoms with Crippen molar-refractivity contribution in [3.05, 3.63) is 58.1 Å². The van der Waals surface area contributed by atoms with Gasteiger partial charge in [-0.15, -0.1) is 0 Å². The van der Waals surface area contributed by atoms with Crippen molar-refractivity contribution in [3.63, 3.8) is 0 Å². The summed E-state index contributed by atoms with van der Waals surface area (Å²) in [5.74, 6) is -4.37. The number of pyridine rings is 1. The van der Waals surface area contributed by atoms with Crippen LogP contribution in [0, 0.1) is 24.4 Å². The van der Waals surface area contributed by atoms with Crippen LogP contribution >= 0.6 is 11.6 Å². The Hall–Kier alpha value is -2.08. The zero-order valence-corrected chi connectivity index (χ0v) is 10.9. The zero-order chi connectivity index (χ0) is 14.9. The van der Waals surface area contributed by atoms with Crippen LogP contribution in [0.25, 0.3) is 0 Å². The molecule has 3 nitrogen and oxygen atoms in total. The van der Waals surface area contributed by atoms with E-state index >= 15 is 0 Å². The van der Waals surface area contributed by atoms with E-state index in [1.165, 1.54) is 12.1 Å². The van der Waals surface area contributed by atoms with Gasteiger partial charge in [0.25, 0.3) is 5.91 Å². The van der Waals surface area contributed by atoms with Crippen molar-refractivity contribution in [3.8, 4) is 0 Å². The van der Waals surface area contributed by atoms with Crippen LogP contribution in [-0.4, -0.2) is 10.9 Å². The van der Waals surface area contributed by atoms with Gasteiger partial charge >= 0.3 is 0 Å². The summed E-state index contributed by atoms with van der Waals surface area (Å²) in [5.41, 5.74) is 0.166. The molecule has 0 bridgehead atoms. The smallest absolute Gasteiger partial charge is 0.255 e. The lowest BCUT2D eigenvalue weighted by Crippen LogP contribution is -2.14. The van der Waals surface area contributed by atoms with Crippen molar-refractivity contribution in [2.45, 2.75) is 6.92 Å². The molecule has 0 aliphatic heterocycles. The van der Waals surface area contributed by atoms with Gasteiger partial charge in [-0.05, 0) is 19.1 Å². The van der Waals surface area contributed by atoms with Crippen molar-refractivity contribution in [2.24, 2.45) is 0 Å². The van der Waals surface area contributed by atoms with Gasteiger partial charge in [0.1, 0.15) is 11.0 Å². The second kappa shape index (κ2) is 5.50. The van der Waals surface area contributed by atoms with Crippen LogP contribution in [-0.2, 0) is 0 Å². The fourth-order valence-corrected chi connectivity index (χ4v) is 1.82. The van der Waals surface area contributed by atoms with Gasteiger partial charge in [-0.25, -0.2) is 18.2 Å². The van der Waals surface area contributed by atoms with Gasteiger partial charge in [-0.3, -0.25) is 4.79 Å². The number of nitrogens with one attached hydrogen (secondary N) is 1. The number of halogens is 4. The molecule has 0 atom stereocenters. The molecule has 104 valence electrons. The van der Waals surface area contributed by atoms with Crippen molar-refractivity contribution in [1.29, 1.82) is 0 Å². The number of carbonyl (C=O) groups excluding carboxylic acids is 1. The molecule has 1 heterocycles. The number of hydrogen-bond acceptors (Lipinski definition) is 2. The summed E-state index contributed by atoms with van der Waals surface area (Å²) in [6, 6.07) is 3.63. The van der Waals surface area contributed by atoms with E-state index in [0.717, 1.165) is 0 Å². The predicted octanol–water partition coefficient (Wildman–Crippen LogP) is 3.71. The maximum absolute atomic E-state index is 13.4. The first-order chi connectivity index (χ1) is 9.36. The summed E-state index contributed by atoms with van der Waals surface area (Å²) in [6.07, 6.45) is 0. The quantitative estimate of drug-likeness (QED) is 0.678. The highest BCUT2D eigenvalue weighted by atomic mass is 35.5. The molecular formula is C13H8ClF3N2O. The van der Waals surface area contributed by atoms with Crippen molar-refractivity contribution in [1.82, 2.24) is 4.98 Å². The van der Waals surface area contributed by atoms with Crippen molar-refractivity contribution < 1.29 is 18.0 Å². The van der Waals surface area contributed by atoms with Crippen LogP contribution in [0.15, 0.2) is 24.3 Å². The van der Waals surface area contributed by atoms with Crippen LogP contribution in [0.5, 0.6) is 0 Å². The van der Waals surface area contributed by atoms with Gasteiger partial charge in [0, 0.05) is 23.4 Å². The van der Waals surface area contributed by atoms with E-state index in [1.807, 2.05) is 0 Å². The summed E-state index contributed by atoms with van der Waals surface area (Å²) < 4.78 is 39.2. The number of aryl methyl sites for hydroxylation is 1. The van der Waals surface area contributed by atoms with Crippen LogP contribution in [0.1, 0.15) is 16.1 Å². The standard InChI is InChI=1S/C13H8ClF3N2O/c1-6-2-7(3-12(14)18-6)13(20)19-11-5-9(16)8(15)4-10(11)17/h2-5H,1H3,(H,19,20). The molecule has 1 amide bonds. The summed E-state index contributed by atoms with van der Waals surface area (Å²) in [4.78, 5) is 15.8. The monoisotopic (exact) mass is 300 g/mol. The fraction of sp³-hybridized carbons (Fsp3) is 0.0769. The number of nitrogens with zero attached hydrogens (tertiary/aromatic N) is 1. The van der Waals surface area contributed by atoms with Crippen LogP contribution in [0.4, 0.5) is 18.9 Å². The predicted molar refractivity (Wildman–Crippen MR) is 68.3 cm³/mol. The number of amides is 1. The molecule has 1 N–H and O–H groups in total. The summed E-state index contributed by atoms with van der Waals surface area (Å²) in [6.45, 7) is 1.63. The number of rotatable bonds is 2. The first kappa shape index (κ1) is 14.3. The van der Waals surface area contributed by atoms with E-state index in [9.17, 15) is 18.0 Å². The number of benzene rings is 1. The largest absolute Gasteiger partial charge is 0.319 e. The fourth-order valence-electron chi connectivity index (χ4n) is 1.57. The van der Waals surface area contributed by atoms with Gasteiger partial charge in [0.15, 0.2) is 11.6 Å². The highest BCUT2D eigenvalue weighted by Crippen LogP contribution is 2.20. The second-order valence-electron chi connectivity index (χ2n) is 4.02. The van der Waals surface area contributed by atoms with Gasteiger partial charge in [0.2, 0.25) is 0 Å². The lowest BCUT2D eigenvalue weighted by molar-refractivity contribution is 0.102. The average Bonchev–Trinajstić information content (AvgIpc) is 2.34. The molecule has 1 aromatic carbocycles. The van der Waals surface area contributed by atoms with Gasteiger partial charge in [0.05, 0.1) is 5.69 Å². The van der Waals surface area contributed by atoms with Crippen LogP contribution < -0.4 is 5.32 Å². The first-order valence-electron chi connectivity index (χ1n) is 5.47. The molecule has 0 aliphatic carbocycles. The third-order valence-corrected chi connectivity index (χ3v) is 2.64. The molecule has 7 heteroatoms. The van der Waals surface area contributed by atoms with E-state index in [0.29, 0.717) is 17.8 Å². The lowest BCUT2D eigenvalue weighted by Gasteiger charge is -2.08. The minimum Gasteiger partial charge on any atom is -0.319 e. The third-order valence-electron chi connectivity index (χ3n) is 2.44. The molecule has 0 fully saturated rings. The Morgan fingerprint density at radius 3 is 2.40 bits per heavy atom. The maximum atomic E-state index is 13.4. The summed E-state index contributed by atoms with van der Waals surface area (Å²) in [7, 11) is 0. The van der Waals surface area contributed by atoms with Gasteiger partial charge in [-0.1, -0.05) is 11.6 Å². The summed E-state index contributed by atoms with van der Waals surface area (Å²) in [5, 5.41) is 2.24. The summed E-state index contributed by atoms with van der Waals surface area (Å²) >= 11 is 5.70. The van der Waals surface area contributed by atoms with Crippen LogP contribution in [0.2, 0.25) is 5.15 Å². The molecule has 0 aliphatic rings. The van der Waals surface area contributed by atoms with Crippen LogP contribution in [0.3, 0.4) is 0 Å². The Morgan fingerprint density at radius 1 is 1.10 bits per heavy atom. The van der Waals surface area contributed by atoms with E-state index in [-0.39, 0.29) is 10.7 Å². The normalized spacial score (nSPS) is 10.4. The van der Waals surface area contributed by atoms with E-state index in [1.54, 1.807) is 6.92 Å². The second-order valence-corrected chi connectivity index (χ2v) is 4.41. The molecule has 1 aromatic heterocycles.